The van der Waals surface area contributed by atoms with Crippen LogP contribution in [0.25, 0.3) is 0 Å². The molecule has 12 heteroatoms. The molecule has 0 spiro atoms. The number of H-pyrrole nitrogens is 1. The molecule has 0 unspecified atom stereocenters. The smallest absolute Gasteiger partial charge is 0.330 e. The summed E-state index contributed by atoms with van der Waals surface area (Å²) in [6.45, 7) is 1.22. The van der Waals surface area contributed by atoms with Gasteiger partial charge in [-0.2, -0.15) is 0 Å². The van der Waals surface area contributed by atoms with Crippen molar-refractivity contribution in [1.29, 1.82) is 0 Å². The summed E-state index contributed by atoms with van der Waals surface area (Å²) in [5.74, 6) is 0.214. The van der Waals surface area contributed by atoms with E-state index in [-0.39, 0.29) is 29.7 Å². The molecule has 2 aliphatic rings. The summed E-state index contributed by atoms with van der Waals surface area (Å²) in [6.07, 6.45) is -2.30. The average Bonchev–Trinajstić information content (AvgIpc) is 3.72. The number of carbonyl (C=O) groups is 2. The number of benzene rings is 4. The number of aliphatic hydroxyl groups is 1. The SMILES string of the molecule is COc1ccc(C(OC[C@@H](O)[C@H]2O[C@H](n3cc(C)c(=O)[nH]c3=O)C[C@H]2N2C(=O)c3ccccc3C2=O)(c2ccccc2)c2ccc(OC)cc2)cc1. The van der Waals surface area contributed by atoms with Crippen LogP contribution in [-0.2, 0) is 15.1 Å². The van der Waals surface area contributed by atoms with Crippen molar-refractivity contribution in [1.82, 2.24) is 14.5 Å². The summed E-state index contributed by atoms with van der Waals surface area (Å²) >= 11 is 0. The topological polar surface area (TPSA) is 149 Å². The molecular weight excluding hydrogens is 666 g/mol. The molecule has 7 rings (SSSR count). The van der Waals surface area contributed by atoms with E-state index in [1.165, 1.54) is 10.8 Å². The number of imide groups is 1. The van der Waals surface area contributed by atoms with Gasteiger partial charge in [-0.15, -0.1) is 0 Å². The van der Waals surface area contributed by atoms with Gasteiger partial charge in [-0.05, 0) is 60.0 Å². The van der Waals surface area contributed by atoms with Crippen LogP contribution in [-0.4, -0.2) is 70.4 Å². The highest BCUT2D eigenvalue weighted by Gasteiger charge is 2.51. The number of carbonyl (C=O) groups excluding carboxylic acids is 2. The van der Waals surface area contributed by atoms with Gasteiger partial charge in [0, 0.05) is 18.2 Å². The summed E-state index contributed by atoms with van der Waals surface area (Å²) < 4.78 is 25.4. The van der Waals surface area contributed by atoms with E-state index in [9.17, 15) is 24.3 Å². The van der Waals surface area contributed by atoms with Gasteiger partial charge < -0.3 is 24.1 Å². The Labute approximate surface area is 298 Å². The third-order valence-corrected chi connectivity index (χ3v) is 9.77. The third kappa shape index (κ3) is 6.00. The normalized spacial score (nSPS) is 19.1. The Hall–Kier alpha value is -5.82. The molecule has 1 aromatic heterocycles. The Morgan fingerprint density at radius 1 is 0.788 bits per heavy atom. The molecule has 0 bridgehead atoms. The van der Waals surface area contributed by atoms with Gasteiger partial charge in [-0.3, -0.25) is 28.8 Å². The van der Waals surface area contributed by atoms with Crippen LogP contribution >= 0.6 is 0 Å². The zero-order chi connectivity index (χ0) is 36.6. The number of hydrogen-bond acceptors (Lipinski definition) is 9. The number of ether oxygens (including phenoxy) is 4. The van der Waals surface area contributed by atoms with Gasteiger partial charge in [0.15, 0.2) is 0 Å². The quantitative estimate of drug-likeness (QED) is 0.153. The number of aryl methyl sites for hydroxylation is 1. The molecule has 52 heavy (non-hydrogen) atoms. The van der Waals surface area contributed by atoms with E-state index < -0.39 is 53.1 Å². The van der Waals surface area contributed by atoms with Gasteiger partial charge in [0.1, 0.15) is 35.5 Å². The lowest BCUT2D eigenvalue weighted by Gasteiger charge is -2.38. The second kappa shape index (κ2) is 14.1. The third-order valence-electron chi connectivity index (χ3n) is 9.77. The molecule has 4 aromatic carbocycles. The highest BCUT2D eigenvalue weighted by molar-refractivity contribution is 6.21. The fourth-order valence-electron chi connectivity index (χ4n) is 7.14. The van der Waals surface area contributed by atoms with Crippen LogP contribution < -0.4 is 20.7 Å². The average molecular weight is 704 g/mol. The predicted molar refractivity (Wildman–Crippen MR) is 190 cm³/mol. The number of aromatic nitrogens is 2. The zero-order valence-electron chi connectivity index (χ0n) is 28.7. The molecule has 4 atom stereocenters. The number of nitrogens with zero attached hydrogens (tertiary/aromatic N) is 2. The van der Waals surface area contributed by atoms with E-state index in [1.807, 2.05) is 78.9 Å². The standard InChI is InChI=1S/C40H37N3O9/c1-24-22-42(39(48)41-36(24)45)34-21-32(43-37(46)30-11-7-8-12-31(30)38(43)47)35(52-34)33(44)23-51-40(25-9-5-4-6-10-25,26-13-17-28(49-2)18-14-26)27-15-19-29(50-3)20-16-27/h4-20,22,32-35,44H,21,23H2,1-3H3,(H,41,45,48)/t32-,33-,34+,35+/m1/s1. The fourth-order valence-corrected chi connectivity index (χ4v) is 7.14. The second-order valence-corrected chi connectivity index (χ2v) is 12.7. The highest BCUT2D eigenvalue weighted by Crippen LogP contribution is 2.43. The Morgan fingerprint density at radius 3 is 1.85 bits per heavy atom. The first-order valence-corrected chi connectivity index (χ1v) is 16.8. The maximum absolute atomic E-state index is 13.7. The van der Waals surface area contributed by atoms with Gasteiger partial charge in [0.2, 0.25) is 0 Å². The van der Waals surface area contributed by atoms with E-state index in [0.717, 1.165) is 21.6 Å². The molecule has 0 radical (unpaired) electrons. The lowest BCUT2D eigenvalue weighted by molar-refractivity contribution is -0.114. The van der Waals surface area contributed by atoms with Crippen molar-refractivity contribution in [2.45, 2.75) is 43.4 Å². The molecule has 12 nitrogen and oxygen atoms in total. The Kier molecular flexibility index (Phi) is 9.36. The molecule has 0 saturated carbocycles. The number of hydrogen-bond donors (Lipinski definition) is 2. The molecule has 2 amide bonds. The maximum Gasteiger partial charge on any atom is 0.330 e. The van der Waals surface area contributed by atoms with Gasteiger partial charge in [-0.1, -0.05) is 66.7 Å². The van der Waals surface area contributed by atoms with Crippen LogP contribution in [0.5, 0.6) is 11.5 Å². The van der Waals surface area contributed by atoms with Crippen LogP contribution in [0.3, 0.4) is 0 Å². The Bertz CT molecular complexity index is 2130. The van der Waals surface area contributed by atoms with Crippen LogP contribution in [0.4, 0.5) is 0 Å². The summed E-state index contributed by atoms with van der Waals surface area (Å²) in [5, 5.41) is 12.1. The largest absolute Gasteiger partial charge is 0.497 e. The maximum atomic E-state index is 13.7. The summed E-state index contributed by atoms with van der Waals surface area (Å²) in [4.78, 5) is 56.0. The van der Waals surface area contributed by atoms with Gasteiger partial charge in [0.05, 0.1) is 38.0 Å². The number of fused-ring (bicyclic) bond motifs is 1. The van der Waals surface area contributed by atoms with E-state index >= 15 is 0 Å². The molecular formula is C40H37N3O9. The molecule has 0 aliphatic carbocycles. The molecule has 2 aliphatic heterocycles. The van der Waals surface area contributed by atoms with Crippen molar-refractivity contribution >= 4 is 11.8 Å². The first-order chi connectivity index (χ1) is 25.2. The minimum atomic E-state index is -1.42. The van der Waals surface area contributed by atoms with Crippen LogP contribution in [0.2, 0.25) is 0 Å². The minimum Gasteiger partial charge on any atom is -0.497 e. The second-order valence-electron chi connectivity index (χ2n) is 12.7. The van der Waals surface area contributed by atoms with Crippen molar-refractivity contribution in [2.24, 2.45) is 0 Å². The number of nitrogens with one attached hydrogen (secondary N) is 1. The summed E-state index contributed by atoms with van der Waals surface area (Å²) in [7, 11) is 3.16. The Morgan fingerprint density at radius 2 is 1.31 bits per heavy atom. The van der Waals surface area contributed by atoms with Crippen LogP contribution in [0.1, 0.15) is 55.6 Å². The van der Waals surface area contributed by atoms with Crippen molar-refractivity contribution in [3.05, 3.63) is 164 Å². The highest BCUT2D eigenvalue weighted by atomic mass is 16.5. The van der Waals surface area contributed by atoms with E-state index in [2.05, 4.69) is 4.98 Å². The summed E-state index contributed by atoms with van der Waals surface area (Å²) in [5.41, 5.74) is 0.402. The molecule has 266 valence electrons. The first kappa shape index (κ1) is 34.6. The van der Waals surface area contributed by atoms with E-state index in [1.54, 1.807) is 45.4 Å². The lowest BCUT2D eigenvalue weighted by Crippen LogP contribution is -2.50. The molecule has 1 saturated heterocycles. The van der Waals surface area contributed by atoms with Crippen LogP contribution in [0, 0.1) is 6.92 Å². The van der Waals surface area contributed by atoms with E-state index in [4.69, 9.17) is 18.9 Å². The number of aromatic amines is 1. The number of rotatable bonds is 11. The summed E-state index contributed by atoms with van der Waals surface area (Å²) in [6, 6.07) is 29.9. The lowest BCUT2D eigenvalue weighted by atomic mass is 9.80. The van der Waals surface area contributed by atoms with Crippen molar-refractivity contribution in [3.63, 3.8) is 0 Å². The zero-order valence-corrected chi connectivity index (χ0v) is 28.7. The fraction of sp³-hybridized carbons (Fsp3) is 0.250. The van der Waals surface area contributed by atoms with E-state index in [0.29, 0.717) is 11.5 Å². The van der Waals surface area contributed by atoms with Crippen LogP contribution in [0.15, 0.2) is 119 Å². The first-order valence-electron chi connectivity index (χ1n) is 16.8. The molecule has 3 heterocycles. The predicted octanol–water partition coefficient (Wildman–Crippen LogP) is 4.18. The number of amides is 2. The number of methoxy groups -OCH3 is 2. The van der Waals surface area contributed by atoms with Crippen molar-refractivity contribution in [2.75, 3.05) is 20.8 Å². The molecule has 2 N–H and O–H groups in total. The van der Waals surface area contributed by atoms with Gasteiger partial charge in [-0.25, -0.2) is 4.79 Å². The van der Waals surface area contributed by atoms with Gasteiger partial charge in [0.25, 0.3) is 17.4 Å². The van der Waals surface area contributed by atoms with Crippen molar-refractivity contribution < 1.29 is 33.6 Å². The monoisotopic (exact) mass is 703 g/mol. The molecule has 1 fully saturated rings. The number of aliphatic hydroxyl groups excluding tert-OH is 1. The Balaban J connectivity index is 1.29. The van der Waals surface area contributed by atoms with Crippen molar-refractivity contribution in [3.8, 4) is 11.5 Å². The minimum absolute atomic E-state index is 0.0284. The van der Waals surface area contributed by atoms with Gasteiger partial charge >= 0.3 is 5.69 Å². The molecule has 5 aromatic rings.